The number of aliphatic hydroxyl groups is 1. The van der Waals surface area contributed by atoms with Crippen molar-refractivity contribution in [3.8, 4) is 0 Å². The van der Waals surface area contributed by atoms with E-state index in [1.807, 2.05) is 0 Å². The molecule has 2 unspecified atom stereocenters. The minimum atomic E-state index is -0.303. The number of aliphatic hydroxyl groups excluding tert-OH is 1. The molecule has 1 aliphatic rings. The molecule has 1 nitrogen and oxygen atoms in total. The first kappa shape index (κ1) is 10.7. The summed E-state index contributed by atoms with van der Waals surface area (Å²) in [7, 11) is 0. The van der Waals surface area contributed by atoms with Crippen molar-refractivity contribution in [1.82, 2.24) is 0 Å². The first-order chi connectivity index (χ1) is 7.22. The second-order valence-corrected chi connectivity index (χ2v) is 4.77. The molecule has 2 atom stereocenters. The Morgan fingerprint density at radius 1 is 1.27 bits per heavy atom. The summed E-state index contributed by atoms with van der Waals surface area (Å²) in [5.41, 5.74) is 2.50. The summed E-state index contributed by atoms with van der Waals surface area (Å²) >= 11 is 0. The molecule has 1 aromatic rings. The molecule has 0 aromatic heterocycles. The lowest BCUT2D eigenvalue weighted by Crippen LogP contribution is -2.07. The molecule has 2 rings (SSSR count). The van der Waals surface area contributed by atoms with Gasteiger partial charge in [-0.3, -0.25) is 0 Å². The van der Waals surface area contributed by atoms with Crippen LogP contribution in [0.15, 0.2) is 24.3 Å². The third-order valence-electron chi connectivity index (χ3n) is 3.51. The van der Waals surface area contributed by atoms with Gasteiger partial charge in [-0.15, -0.1) is 0 Å². The molecule has 0 bridgehead atoms. The van der Waals surface area contributed by atoms with Crippen molar-refractivity contribution in [3.63, 3.8) is 0 Å². The van der Waals surface area contributed by atoms with Crippen LogP contribution < -0.4 is 0 Å². The molecule has 0 amide bonds. The fourth-order valence-corrected chi connectivity index (χ4v) is 1.93. The summed E-state index contributed by atoms with van der Waals surface area (Å²) in [6.45, 7) is 4.21. The van der Waals surface area contributed by atoms with Crippen molar-refractivity contribution in [2.45, 2.75) is 45.1 Å². The van der Waals surface area contributed by atoms with Crippen molar-refractivity contribution >= 4 is 0 Å². The molecule has 0 saturated heterocycles. The monoisotopic (exact) mass is 204 g/mol. The Bertz CT molecular complexity index is 311. The van der Waals surface area contributed by atoms with E-state index in [4.69, 9.17) is 0 Å². The zero-order chi connectivity index (χ0) is 10.8. The van der Waals surface area contributed by atoms with Gasteiger partial charge in [-0.2, -0.15) is 0 Å². The van der Waals surface area contributed by atoms with Crippen LogP contribution in [0.5, 0.6) is 0 Å². The van der Waals surface area contributed by atoms with Gasteiger partial charge in [-0.05, 0) is 35.8 Å². The highest BCUT2D eigenvalue weighted by Gasteiger charge is 2.23. The zero-order valence-corrected chi connectivity index (χ0v) is 9.61. The van der Waals surface area contributed by atoms with E-state index in [1.54, 1.807) is 0 Å². The normalized spacial score (nSPS) is 19.9. The van der Waals surface area contributed by atoms with Gasteiger partial charge in [-0.25, -0.2) is 0 Å². The summed E-state index contributed by atoms with van der Waals surface area (Å²) in [6, 6.07) is 8.53. The lowest BCUT2D eigenvalue weighted by Gasteiger charge is -2.17. The van der Waals surface area contributed by atoms with Gasteiger partial charge in [0.2, 0.25) is 0 Å². The van der Waals surface area contributed by atoms with Crippen LogP contribution >= 0.6 is 0 Å². The summed E-state index contributed by atoms with van der Waals surface area (Å²) in [5.74, 6) is 1.15. The molecule has 0 radical (unpaired) electrons. The minimum absolute atomic E-state index is 0.303. The fourth-order valence-electron chi connectivity index (χ4n) is 1.93. The van der Waals surface area contributed by atoms with Gasteiger partial charge in [0, 0.05) is 0 Å². The molecule has 15 heavy (non-hydrogen) atoms. The second kappa shape index (κ2) is 4.36. The highest BCUT2D eigenvalue weighted by Crippen LogP contribution is 2.40. The Kier molecular flexibility index (Phi) is 3.11. The Labute approximate surface area is 92.1 Å². The van der Waals surface area contributed by atoms with Gasteiger partial charge in [0.05, 0.1) is 6.10 Å². The zero-order valence-electron chi connectivity index (χ0n) is 9.61. The second-order valence-electron chi connectivity index (χ2n) is 4.77. The maximum absolute atomic E-state index is 10.0. The fraction of sp³-hybridized carbons (Fsp3) is 0.571. The molecule has 1 heteroatoms. The van der Waals surface area contributed by atoms with E-state index < -0.39 is 0 Å². The predicted octanol–water partition coefficient (Wildman–Crippen LogP) is 3.64. The summed E-state index contributed by atoms with van der Waals surface area (Å²) in [5, 5.41) is 10.0. The first-order valence-electron chi connectivity index (χ1n) is 6.00. The number of benzene rings is 1. The first-order valence-corrected chi connectivity index (χ1v) is 6.00. The van der Waals surface area contributed by atoms with Crippen molar-refractivity contribution in [2.24, 2.45) is 5.92 Å². The maximum Gasteiger partial charge on any atom is 0.0815 e. The molecule has 1 saturated carbocycles. The summed E-state index contributed by atoms with van der Waals surface area (Å²) in [6.07, 6.45) is 3.40. The standard InChI is InChI=1S/C14H20O/c1-3-10(2)14(15)13-8-6-12(7-9-13)11-4-5-11/h6-11,14-15H,3-5H2,1-2H3. The predicted molar refractivity (Wildman–Crippen MR) is 62.8 cm³/mol. The van der Waals surface area contributed by atoms with Gasteiger partial charge in [0.1, 0.15) is 0 Å². The van der Waals surface area contributed by atoms with E-state index in [-0.39, 0.29) is 6.10 Å². The van der Waals surface area contributed by atoms with E-state index in [9.17, 15) is 5.11 Å². The smallest absolute Gasteiger partial charge is 0.0815 e. The average Bonchev–Trinajstić information content (AvgIpc) is 3.11. The summed E-state index contributed by atoms with van der Waals surface area (Å²) in [4.78, 5) is 0. The van der Waals surface area contributed by atoms with Crippen LogP contribution in [0.3, 0.4) is 0 Å². The molecule has 1 fully saturated rings. The van der Waals surface area contributed by atoms with Gasteiger partial charge >= 0.3 is 0 Å². The molecular formula is C14H20O. The van der Waals surface area contributed by atoms with Crippen molar-refractivity contribution in [3.05, 3.63) is 35.4 Å². The molecular weight excluding hydrogens is 184 g/mol. The highest BCUT2D eigenvalue weighted by molar-refractivity contribution is 5.29. The van der Waals surface area contributed by atoms with Gasteiger partial charge in [0.25, 0.3) is 0 Å². The molecule has 0 heterocycles. The van der Waals surface area contributed by atoms with E-state index in [0.29, 0.717) is 5.92 Å². The quantitative estimate of drug-likeness (QED) is 0.793. The Balaban J connectivity index is 2.08. The number of rotatable bonds is 4. The summed E-state index contributed by atoms with van der Waals surface area (Å²) < 4.78 is 0. The average molecular weight is 204 g/mol. The third-order valence-corrected chi connectivity index (χ3v) is 3.51. The molecule has 82 valence electrons. The van der Waals surface area contributed by atoms with Crippen LogP contribution in [0.1, 0.15) is 56.3 Å². The van der Waals surface area contributed by atoms with Crippen molar-refractivity contribution in [2.75, 3.05) is 0 Å². The molecule has 1 N–H and O–H groups in total. The van der Waals surface area contributed by atoms with E-state index in [1.165, 1.54) is 18.4 Å². The molecule has 0 spiro atoms. The van der Waals surface area contributed by atoms with Crippen molar-refractivity contribution < 1.29 is 5.11 Å². The molecule has 1 aliphatic carbocycles. The van der Waals surface area contributed by atoms with Gasteiger partial charge in [-0.1, -0.05) is 44.5 Å². The third kappa shape index (κ3) is 2.40. The van der Waals surface area contributed by atoms with E-state index in [0.717, 1.165) is 17.9 Å². The van der Waals surface area contributed by atoms with Crippen LogP contribution in [-0.4, -0.2) is 5.11 Å². The largest absolute Gasteiger partial charge is 0.388 e. The van der Waals surface area contributed by atoms with Crippen LogP contribution in [0.25, 0.3) is 0 Å². The van der Waals surface area contributed by atoms with Crippen LogP contribution in [0, 0.1) is 5.92 Å². The maximum atomic E-state index is 10.0. The highest BCUT2D eigenvalue weighted by atomic mass is 16.3. The Morgan fingerprint density at radius 2 is 1.87 bits per heavy atom. The lowest BCUT2D eigenvalue weighted by molar-refractivity contribution is 0.115. The topological polar surface area (TPSA) is 20.2 Å². The van der Waals surface area contributed by atoms with E-state index in [2.05, 4.69) is 38.1 Å². The van der Waals surface area contributed by atoms with Crippen LogP contribution in [0.2, 0.25) is 0 Å². The molecule has 0 aliphatic heterocycles. The number of hydrogen-bond acceptors (Lipinski definition) is 1. The van der Waals surface area contributed by atoms with Crippen LogP contribution in [0.4, 0.5) is 0 Å². The van der Waals surface area contributed by atoms with E-state index >= 15 is 0 Å². The van der Waals surface area contributed by atoms with Gasteiger partial charge < -0.3 is 5.11 Å². The number of hydrogen-bond donors (Lipinski definition) is 1. The Hall–Kier alpha value is -0.820. The SMILES string of the molecule is CCC(C)C(O)c1ccc(C2CC2)cc1. The Morgan fingerprint density at radius 3 is 2.33 bits per heavy atom. The van der Waals surface area contributed by atoms with Crippen LogP contribution in [-0.2, 0) is 0 Å². The van der Waals surface area contributed by atoms with Gasteiger partial charge in [0.15, 0.2) is 0 Å². The minimum Gasteiger partial charge on any atom is -0.388 e. The molecule has 1 aromatic carbocycles. The lowest BCUT2D eigenvalue weighted by atomic mass is 9.94. The van der Waals surface area contributed by atoms with Crippen molar-refractivity contribution in [1.29, 1.82) is 0 Å².